The van der Waals surface area contributed by atoms with E-state index in [1.807, 2.05) is 13.0 Å². The van der Waals surface area contributed by atoms with Gasteiger partial charge in [-0.15, -0.1) is 0 Å². The van der Waals surface area contributed by atoms with Crippen LogP contribution in [0.25, 0.3) is 0 Å². The Hall–Kier alpha value is -2.40. The Morgan fingerprint density at radius 3 is 2.71 bits per heavy atom. The zero-order chi connectivity index (χ0) is 15.2. The summed E-state index contributed by atoms with van der Waals surface area (Å²) in [5.41, 5.74) is 8.87. The van der Waals surface area contributed by atoms with Crippen LogP contribution < -0.4 is 11.1 Å². The molecule has 1 amide bonds. The molecule has 0 aliphatic carbocycles. The molecule has 0 radical (unpaired) electrons. The molecule has 1 heterocycles. The van der Waals surface area contributed by atoms with Gasteiger partial charge in [-0.2, -0.15) is 0 Å². The number of nitrogens with one attached hydrogen (secondary N) is 1. The van der Waals surface area contributed by atoms with Gasteiger partial charge in [-0.3, -0.25) is 9.78 Å². The van der Waals surface area contributed by atoms with E-state index in [9.17, 15) is 9.90 Å². The lowest BCUT2D eigenvalue weighted by Gasteiger charge is -2.13. The van der Waals surface area contributed by atoms with Crippen molar-refractivity contribution >= 4 is 5.91 Å². The van der Waals surface area contributed by atoms with Crippen LogP contribution >= 0.6 is 0 Å². The molecule has 5 heteroatoms. The molecular formula is C16H19N3O2. The summed E-state index contributed by atoms with van der Waals surface area (Å²) >= 11 is 0. The second-order valence-electron chi connectivity index (χ2n) is 5.00. The first-order valence-electron chi connectivity index (χ1n) is 6.77. The first-order valence-corrected chi connectivity index (χ1v) is 6.77. The zero-order valence-corrected chi connectivity index (χ0v) is 11.9. The number of aromatic hydroxyl groups is 1. The highest BCUT2D eigenvalue weighted by molar-refractivity contribution is 5.81. The standard InChI is InChI=1S/C16H19N3O2/c1-11-9-18-7-6-13(11)10-19-16(21)15(17)8-12-2-4-14(20)5-3-12/h2-7,9,15,20H,8,10,17H2,1H3,(H,19,21)/t15-/m0/s1. The highest BCUT2D eigenvalue weighted by atomic mass is 16.3. The van der Waals surface area contributed by atoms with Crippen LogP contribution in [0.3, 0.4) is 0 Å². The van der Waals surface area contributed by atoms with E-state index in [-0.39, 0.29) is 11.7 Å². The molecule has 1 aromatic heterocycles. The summed E-state index contributed by atoms with van der Waals surface area (Å²) in [6.45, 7) is 2.39. The lowest BCUT2D eigenvalue weighted by molar-refractivity contribution is -0.122. The Labute approximate surface area is 123 Å². The number of pyridine rings is 1. The van der Waals surface area contributed by atoms with Crippen LogP contribution in [0.15, 0.2) is 42.7 Å². The van der Waals surface area contributed by atoms with E-state index in [1.165, 1.54) is 0 Å². The maximum Gasteiger partial charge on any atom is 0.237 e. The molecule has 5 nitrogen and oxygen atoms in total. The molecule has 21 heavy (non-hydrogen) atoms. The minimum Gasteiger partial charge on any atom is -0.508 e. The Morgan fingerprint density at radius 1 is 1.33 bits per heavy atom. The molecule has 2 rings (SSSR count). The summed E-state index contributed by atoms with van der Waals surface area (Å²) in [5, 5.41) is 12.1. The number of hydrogen-bond acceptors (Lipinski definition) is 4. The average molecular weight is 285 g/mol. The summed E-state index contributed by atoms with van der Waals surface area (Å²) in [7, 11) is 0. The van der Waals surface area contributed by atoms with Gasteiger partial charge in [0.05, 0.1) is 6.04 Å². The molecule has 4 N–H and O–H groups in total. The van der Waals surface area contributed by atoms with Crippen molar-refractivity contribution in [2.24, 2.45) is 5.73 Å². The molecular weight excluding hydrogens is 266 g/mol. The predicted octanol–water partition coefficient (Wildman–Crippen LogP) is 1.28. The summed E-state index contributed by atoms with van der Waals surface area (Å²) in [6.07, 6.45) is 3.89. The number of hydrogen-bond donors (Lipinski definition) is 3. The average Bonchev–Trinajstić information content (AvgIpc) is 2.48. The summed E-state index contributed by atoms with van der Waals surface area (Å²) in [4.78, 5) is 16.0. The molecule has 0 bridgehead atoms. The number of nitrogens with zero attached hydrogens (tertiary/aromatic N) is 1. The van der Waals surface area contributed by atoms with Crippen molar-refractivity contribution in [3.63, 3.8) is 0 Å². The maximum atomic E-state index is 12.0. The highest BCUT2D eigenvalue weighted by Gasteiger charge is 2.14. The number of benzene rings is 1. The number of phenols is 1. The summed E-state index contributed by atoms with van der Waals surface area (Å²) in [6, 6.07) is 7.95. The van der Waals surface area contributed by atoms with E-state index >= 15 is 0 Å². The second kappa shape index (κ2) is 6.85. The molecule has 0 aliphatic heterocycles. The third-order valence-corrected chi connectivity index (χ3v) is 3.32. The Balaban J connectivity index is 1.88. The number of nitrogens with two attached hydrogens (primary N) is 1. The third kappa shape index (κ3) is 4.29. The van der Waals surface area contributed by atoms with Gasteiger partial charge in [-0.25, -0.2) is 0 Å². The van der Waals surface area contributed by atoms with Gasteiger partial charge in [0.15, 0.2) is 0 Å². The first-order chi connectivity index (χ1) is 10.1. The van der Waals surface area contributed by atoms with Crippen LogP contribution in [0, 0.1) is 6.92 Å². The summed E-state index contributed by atoms with van der Waals surface area (Å²) < 4.78 is 0. The van der Waals surface area contributed by atoms with Crippen molar-refractivity contribution in [1.29, 1.82) is 0 Å². The molecule has 0 saturated heterocycles. The van der Waals surface area contributed by atoms with E-state index in [0.29, 0.717) is 13.0 Å². The van der Waals surface area contributed by atoms with Crippen molar-refractivity contribution in [2.45, 2.75) is 25.9 Å². The first kappa shape index (κ1) is 15.0. The third-order valence-electron chi connectivity index (χ3n) is 3.32. The van der Waals surface area contributed by atoms with E-state index in [1.54, 1.807) is 36.7 Å². The molecule has 0 fully saturated rings. The lowest BCUT2D eigenvalue weighted by Crippen LogP contribution is -2.41. The normalized spacial score (nSPS) is 11.9. The van der Waals surface area contributed by atoms with Gasteiger partial charge in [0.2, 0.25) is 5.91 Å². The largest absolute Gasteiger partial charge is 0.508 e. The van der Waals surface area contributed by atoms with Crippen molar-refractivity contribution in [3.05, 3.63) is 59.4 Å². The number of rotatable bonds is 5. The van der Waals surface area contributed by atoms with E-state index < -0.39 is 6.04 Å². The Kier molecular flexibility index (Phi) is 4.90. The van der Waals surface area contributed by atoms with Crippen LogP contribution in [0.2, 0.25) is 0 Å². The monoisotopic (exact) mass is 285 g/mol. The van der Waals surface area contributed by atoms with Gasteiger partial charge in [0.25, 0.3) is 0 Å². The second-order valence-corrected chi connectivity index (χ2v) is 5.00. The fourth-order valence-corrected chi connectivity index (χ4v) is 1.99. The molecule has 0 spiro atoms. The van der Waals surface area contributed by atoms with Crippen LogP contribution in [-0.2, 0) is 17.8 Å². The van der Waals surface area contributed by atoms with Crippen molar-refractivity contribution in [1.82, 2.24) is 10.3 Å². The van der Waals surface area contributed by atoms with Gasteiger partial charge in [0.1, 0.15) is 5.75 Å². The van der Waals surface area contributed by atoms with E-state index in [4.69, 9.17) is 5.73 Å². The van der Waals surface area contributed by atoms with Crippen LogP contribution in [0.1, 0.15) is 16.7 Å². The molecule has 2 aromatic rings. The van der Waals surface area contributed by atoms with Crippen LogP contribution in [-0.4, -0.2) is 22.0 Å². The van der Waals surface area contributed by atoms with Gasteiger partial charge in [0, 0.05) is 18.9 Å². The van der Waals surface area contributed by atoms with Gasteiger partial charge in [-0.05, 0) is 48.2 Å². The number of carbonyl (C=O) groups is 1. The molecule has 1 aromatic carbocycles. The predicted molar refractivity (Wildman–Crippen MR) is 80.6 cm³/mol. The Bertz CT molecular complexity index is 611. The number of aryl methyl sites for hydroxylation is 1. The van der Waals surface area contributed by atoms with Crippen molar-refractivity contribution < 1.29 is 9.90 Å². The van der Waals surface area contributed by atoms with Crippen LogP contribution in [0.5, 0.6) is 5.75 Å². The molecule has 0 unspecified atom stereocenters. The molecule has 110 valence electrons. The fraction of sp³-hybridized carbons (Fsp3) is 0.250. The SMILES string of the molecule is Cc1cnccc1CNC(=O)[C@@H](N)Cc1ccc(O)cc1. The highest BCUT2D eigenvalue weighted by Crippen LogP contribution is 2.11. The number of amides is 1. The lowest BCUT2D eigenvalue weighted by atomic mass is 10.1. The van der Waals surface area contributed by atoms with Gasteiger partial charge < -0.3 is 16.2 Å². The number of carbonyl (C=O) groups excluding carboxylic acids is 1. The minimum absolute atomic E-state index is 0.195. The molecule has 1 atom stereocenters. The Morgan fingerprint density at radius 2 is 2.05 bits per heavy atom. The zero-order valence-electron chi connectivity index (χ0n) is 11.9. The van der Waals surface area contributed by atoms with Crippen molar-refractivity contribution in [3.8, 4) is 5.75 Å². The quantitative estimate of drug-likeness (QED) is 0.772. The van der Waals surface area contributed by atoms with Crippen molar-refractivity contribution in [2.75, 3.05) is 0 Å². The maximum absolute atomic E-state index is 12.0. The summed E-state index contributed by atoms with van der Waals surface area (Å²) in [5.74, 6) is 0.00391. The van der Waals surface area contributed by atoms with Crippen LogP contribution in [0.4, 0.5) is 0 Å². The smallest absolute Gasteiger partial charge is 0.237 e. The van der Waals surface area contributed by atoms with Gasteiger partial charge in [-0.1, -0.05) is 12.1 Å². The topological polar surface area (TPSA) is 88.2 Å². The minimum atomic E-state index is -0.614. The van der Waals surface area contributed by atoms with E-state index in [0.717, 1.165) is 16.7 Å². The number of phenolic OH excluding ortho intramolecular Hbond substituents is 1. The molecule has 0 aliphatic rings. The van der Waals surface area contributed by atoms with E-state index in [2.05, 4.69) is 10.3 Å². The number of aromatic nitrogens is 1. The molecule has 0 saturated carbocycles. The van der Waals surface area contributed by atoms with Gasteiger partial charge >= 0.3 is 0 Å². The fourth-order valence-electron chi connectivity index (χ4n) is 1.99.